The molecule has 1 saturated heterocycles. The molecule has 1 aromatic heterocycles. The van der Waals surface area contributed by atoms with E-state index in [0.29, 0.717) is 31.7 Å². The van der Waals surface area contributed by atoms with E-state index in [4.69, 9.17) is 9.15 Å². The second-order valence-electron chi connectivity index (χ2n) is 6.13. The molecule has 8 nitrogen and oxygen atoms in total. The van der Waals surface area contributed by atoms with Gasteiger partial charge in [0.15, 0.2) is 0 Å². The van der Waals surface area contributed by atoms with Gasteiger partial charge in [0.05, 0.1) is 11.8 Å². The van der Waals surface area contributed by atoms with Crippen LogP contribution < -0.4 is 5.32 Å². The summed E-state index contributed by atoms with van der Waals surface area (Å²) in [4.78, 5) is 40.8. The van der Waals surface area contributed by atoms with Crippen molar-refractivity contribution in [3.8, 4) is 0 Å². The standard InChI is InChI=1S/C18H27N3O5/c1-4-20(5-2)18(24)15-9-14(19-16(22)12-25-6-3)10-21(15)17(23)13-7-8-26-11-13/h7-8,11,14-15H,4-6,9-10,12H2,1-3H3,(H,19,22)/t14-,15+/m1/s1. The Morgan fingerprint density at radius 1 is 1.31 bits per heavy atom. The van der Waals surface area contributed by atoms with Gasteiger partial charge in [0, 0.05) is 32.3 Å². The number of ether oxygens (including phenoxy) is 1. The summed E-state index contributed by atoms with van der Waals surface area (Å²) in [6.07, 6.45) is 3.17. The summed E-state index contributed by atoms with van der Waals surface area (Å²) in [6, 6.07) is 0.681. The van der Waals surface area contributed by atoms with E-state index in [1.807, 2.05) is 20.8 Å². The van der Waals surface area contributed by atoms with Crippen molar-refractivity contribution in [1.29, 1.82) is 0 Å². The molecule has 8 heteroatoms. The first kappa shape index (κ1) is 20.0. The highest BCUT2D eigenvalue weighted by Gasteiger charge is 2.41. The molecular formula is C18H27N3O5. The Hall–Kier alpha value is -2.35. The third-order valence-electron chi connectivity index (χ3n) is 4.49. The molecule has 1 fully saturated rings. The molecule has 0 aliphatic carbocycles. The van der Waals surface area contributed by atoms with Gasteiger partial charge in [-0.05, 0) is 33.3 Å². The van der Waals surface area contributed by atoms with Crippen LogP contribution in [0, 0.1) is 0 Å². The summed E-state index contributed by atoms with van der Waals surface area (Å²) >= 11 is 0. The summed E-state index contributed by atoms with van der Waals surface area (Å²) in [7, 11) is 0. The van der Waals surface area contributed by atoms with E-state index < -0.39 is 6.04 Å². The lowest BCUT2D eigenvalue weighted by molar-refractivity contribution is -0.135. The van der Waals surface area contributed by atoms with Crippen LogP contribution in [0.1, 0.15) is 37.6 Å². The lowest BCUT2D eigenvalue weighted by Gasteiger charge is -2.28. The number of likely N-dealkylation sites (tertiary alicyclic amines) is 1. The number of furan rings is 1. The SMILES string of the molecule is CCOCC(=O)N[C@@H]1C[C@@H](C(=O)N(CC)CC)N(C(=O)c2ccoc2)C1. The fourth-order valence-corrected chi connectivity index (χ4v) is 3.16. The highest BCUT2D eigenvalue weighted by Crippen LogP contribution is 2.23. The van der Waals surface area contributed by atoms with Crippen LogP contribution in [0.2, 0.25) is 0 Å². The Bertz CT molecular complexity index is 612. The first-order valence-electron chi connectivity index (χ1n) is 9.00. The normalized spacial score (nSPS) is 19.4. The lowest BCUT2D eigenvalue weighted by atomic mass is 10.1. The van der Waals surface area contributed by atoms with Crippen molar-refractivity contribution < 1.29 is 23.5 Å². The number of nitrogens with zero attached hydrogens (tertiary/aromatic N) is 2. The number of carbonyl (C=O) groups excluding carboxylic acids is 3. The Morgan fingerprint density at radius 2 is 2.04 bits per heavy atom. The number of amides is 3. The maximum absolute atomic E-state index is 12.9. The Balaban J connectivity index is 2.14. The van der Waals surface area contributed by atoms with Crippen molar-refractivity contribution in [3.05, 3.63) is 24.2 Å². The van der Waals surface area contributed by atoms with Gasteiger partial charge in [-0.3, -0.25) is 14.4 Å². The van der Waals surface area contributed by atoms with Crippen LogP contribution in [-0.4, -0.2) is 72.5 Å². The monoisotopic (exact) mass is 365 g/mol. The first-order chi connectivity index (χ1) is 12.5. The van der Waals surface area contributed by atoms with E-state index in [1.165, 1.54) is 17.4 Å². The molecule has 2 heterocycles. The van der Waals surface area contributed by atoms with E-state index in [0.717, 1.165) is 0 Å². The van der Waals surface area contributed by atoms with Gasteiger partial charge >= 0.3 is 0 Å². The largest absolute Gasteiger partial charge is 0.472 e. The average Bonchev–Trinajstić information content (AvgIpc) is 3.30. The molecule has 0 unspecified atom stereocenters. The van der Waals surface area contributed by atoms with Gasteiger partial charge in [-0.25, -0.2) is 0 Å². The minimum Gasteiger partial charge on any atom is -0.472 e. The van der Waals surface area contributed by atoms with E-state index in [-0.39, 0.29) is 36.9 Å². The minimum atomic E-state index is -0.602. The highest BCUT2D eigenvalue weighted by molar-refractivity contribution is 5.98. The average molecular weight is 365 g/mol. The van der Waals surface area contributed by atoms with Gasteiger partial charge in [-0.15, -0.1) is 0 Å². The van der Waals surface area contributed by atoms with Crippen molar-refractivity contribution in [2.75, 3.05) is 32.8 Å². The van der Waals surface area contributed by atoms with Crippen molar-refractivity contribution in [1.82, 2.24) is 15.1 Å². The van der Waals surface area contributed by atoms with E-state index in [1.54, 1.807) is 11.0 Å². The number of nitrogens with one attached hydrogen (secondary N) is 1. The molecule has 0 spiro atoms. The second kappa shape index (κ2) is 9.38. The number of rotatable bonds is 8. The molecule has 1 aromatic rings. The predicted octanol–water partition coefficient (Wildman–Crippen LogP) is 0.884. The molecule has 1 aliphatic heterocycles. The van der Waals surface area contributed by atoms with Crippen LogP contribution in [-0.2, 0) is 14.3 Å². The van der Waals surface area contributed by atoms with Crippen molar-refractivity contribution >= 4 is 17.7 Å². The summed E-state index contributed by atoms with van der Waals surface area (Å²) in [5.41, 5.74) is 0.392. The summed E-state index contributed by atoms with van der Waals surface area (Å²) in [5.74, 6) is -0.622. The maximum Gasteiger partial charge on any atom is 0.257 e. The zero-order valence-electron chi connectivity index (χ0n) is 15.6. The Labute approximate surface area is 153 Å². The van der Waals surface area contributed by atoms with Crippen LogP contribution in [0.4, 0.5) is 0 Å². The number of hydrogen-bond donors (Lipinski definition) is 1. The minimum absolute atomic E-state index is 0.0304. The highest BCUT2D eigenvalue weighted by atomic mass is 16.5. The van der Waals surface area contributed by atoms with Gasteiger partial charge < -0.3 is 24.3 Å². The smallest absolute Gasteiger partial charge is 0.257 e. The number of hydrogen-bond acceptors (Lipinski definition) is 5. The Morgan fingerprint density at radius 3 is 2.62 bits per heavy atom. The van der Waals surface area contributed by atoms with Crippen molar-refractivity contribution in [2.24, 2.45) is 0 Å². The molecule has 0 saturated carbocycles. The fraction of sp³-hybridized carbons (Fsp3) is 0.611. The maximum atomic E-state index is 12.9. The van der Waals surface area contributed by atoms with Crippen LogP contribution in [0.15, 0.2) is 23.0 Å². The predicted molar refractivity (Wildman–Crippen MR) is 94.5 cm³/mol. The van der Waals surface area contributed by atoms with Crippen LogP contribution in [0.5, 0.6) is 0 Å². The van der Waals surface area contributed by atoms with Crippen LogP contribution in [0.25, 0.3) is 0 Å². The molecule has 26 heavy (non-hydrogen) atoms. The third kappa shape index (κ3) is 4.63. The molecule has 144 valence electrons. The molecule has 0 aromatic carbocycles. The van der Waals surface area contributed by atoms with E-state index >= 15 is 0 Å². The van der Waals surface area contributed by atoms with E-state index in [2.05, 4.69) is 5.32 Å². The zero-order chi connectivity index (χ0) is 19.1. The molecule has 1 aliphatic rings. The first-order valence-corrected chi connectivity index (χ1v) is 9.00. The molecule has 0 bridgehead atoms. The molecule has 2 rings (SSSR count). The molecule has 0 radical (unpaired) electrons. The lowest BCUT2D eigenvalue weighted by Crippen LogP contribution is -2.47. The third-order valence-corrected chi connectivity index (χ3v) is 4.49. The van der Waals surface area contributed by atoms with Gasteiger partial charge in [0.2, 0.25) is 11.8 Å². The molecule has 1 N–H and O–H groups in total. The number of likely N-dealkylation sites (N-methyl/N-ethyl adjacent to an activating group) is 1. The van der Waals surface area contributed by atoms with Gasteiger partial charge in [0.1, 0.15) is 18.9 Å². The zero-order valence-corrected chi connectivity index (χ0v) is 15.6. The van der Waals surface area contributed by atoms with Gasteiger partial charge in [0.25, 0.3) is 5.91 Å². The summed E-state index contributed by atoms with van der Waals surface area (Å²) < 4.78 is 10.1. The molecule has 2 atom stereocenters. The van der Waals surface area contributed by atoms with Crippen molar-refractivity contribution in [2.45, 2.75) is 39.3 Å². The molecule has 3 amide bonds. The van der Waals surface area contributed by atoms with Crippen molar-refractivity contribution in [3.63, 3.8) is 0 Å². The van der Waals surface area contributed by atoms with Crippen LogP contribution >= 0.6 is 0 Å². The summed E-state index contributed by atoms with van der Waals surface area (Å²) in [5, 5.41) is 2.85. The van der Waals surface area contributed by atoms with Gasteiger partial charge in [-0.2, -0.15) is 0 Å². The second-order valence-corrected chi connectivity index (χ2v) is 6.13. The topological polar surface area (TPSA) is 92.1 Å². The number of carbonyl (C=O) groups is 3. The fourth-order valence-electron chi connectivity index (χ4n) is 3.16. The molecular weight excluding hydrogens is 338 g/mol. The van der Waals surface area contributed by atoms with Crippen LogP contribution in [0.3, 0.4) is 0 Å². The quantitative estimate of drug-likeness (QED) is 0.738. The van der Waals surface area contributed by atoms with Gasteiger partial charge in [-0.1, -0.05) is 0 Å². The summed E-state index contributed by atoms with van der Waals surface area (Å²) in [6.45, 7) is 7.46. The Kier molecular flexibility index (Phi) is 7.20. The van der Waals surface area contributed by atoms with E-state index in [9.17, 15) is 14.4 Å².